The molecule has 1 heterocycles. The van der Waals surface area contributed by atoms with Crippen LogP contribution in [0.3, 0.4) is 0 Å². The number of hydrogen-bond donors (Lipinski definition) is 1. The summed E-state index contributed by atoms with van der Waals surface area (Å²) < 4.78 is 32.7. The summed E-state index contributed by atoms with van der Waals surface area (Å²) in [7, 11) is -2.12. The van der Waals surface area contributed by atoms with Gasteiger partial charge in [-0.1, -0.05) is 24.1 Å². The highest BCUT2D eigenvalue weighted by atomic mass is 35.5. The van der Waals surface area contributed by atoms with Crippen molar-refractivity contribution in [1.29, 1.82) is 0 Å². The zero-order valence-corrected chi connectivity index (χ0v) is 17.2. The van der Waals surface area contributed by atoms with E-state index >= 15 is 0 Å². The molecule has 1 unspecified atom stereocenters. The van der Waals surface area contributed by atoms with Gasteiger partial charge in [-0.3, -0.25) is 4.79 Å². The Hall–Kier alpha value is -2.09. The number of carbonyl (C=O) groups is 1. The fourth-order valence-electron chi connectivity index (χ4n) is 3.36. The summed E-state index contributed by atoms with van der Waals surface area (Å²) in [5.74, 6) is 0.416. The van der Waals surface area contributed by atoms with Gasteiger partial charge in [-0.25, -0.2) is 8.42 Å². The molecule has 8 heteroatoms. The lowest BCUT2D eigenvalue weighted by Gasteiger charge is -2.34. The van der Waals surface area contributed by atoms with E-state index in [1.54, 1.807) is 43.5 Å². The van der Waals surface area contributed by atoms with Gasteiger partial charge >= 0.3 is 0 Å². The lowest BCUT2D eigenvalue weighted by atomic mass is 10.0. The fraction of sp³-hybridized carbons (Fsp3) is 0.350. The zero-order chi connectivity index (χ0) is 20.1. The van der Waals surface area contributed by atoms with Gasteiger partial charge < -0.3 is 10.1 Å². The van der Waals surface area contributed by atoms with E-state index in [1.807, 2.05) is 0 Å². The minimum Gasteiger partial charge on any atom is -0.497 e. The van der Waals surface area contributed by atoms with E-state index < -0.39 is 10.0 Å². The highest BCUT2D eigenvalue weighted by molar-refractivity contribution is 7.89. The largest absolute Gasteiger partial charge is 0.497 e. The number of anilines is 1. The molecule has 28 heavy (non-hydrogen) atoms. The molecular weight excluding hydrogens is 400 g/mol. The Balaban J connectivity index is 1.73. The Morgan fingerprint density at radius 1 is 1.21 bits per heavy atom. The van der Waals surface area contributed by atoms with Gasteiger partial charge in [-0.15, -0.1) is 0 Å². The number of methoxy groups -OCH3 is 1. The van der Waals surface area contributed by atoms with Crippen LogP contribution in [0.5, 0.6) is 5.75 Å². The second kappa shape index (κ2) is 8.94. The third-order valence-corrected chi connectivity index (χ3v) is 6.99. The molecular formula is C20H23ClN2O4S. The molecule has 0 bridgehead atoms. The molecule has 1 saturated heterocycles. The zero-order valence-electron chi connectivity index (χ0n) is 15.6. The van der Waals surface area contributed by atoms with Crippen molar-refractivity contribution >= 4 is 33.2 Å². The van der Waals surface area contributed by atoms with Crippen LogP contribution >= 0.6 is 11.6 Å². The molecule has 0 saturated carbocycles. The van der Waals surface area contributed by atoms with Gasteiger partial charge in [0.1, 0.15) is 5.75 Å². The van der Waals surface area contributed by atoms with E-state index in [4.69, 9.17) is 16.3 Å². The number of amides is 1. The van der Waals surface area contributed by atoms with Crippen LogP contribution in [0.2, 0.25) is 5.02 Å². The van der Waals surface area contributed by atoms with Crippen LogP contribution in [0.1, 0.15) is 25.7 Å². The number of rotatable bonds is 6. The summed E-state index contributed by atoms with van der Waals surface area (Å²) in [5, 5.41) is 3.30. The Labute approximate surface area is 170 Å². The van der Waals surface area contributed by atoms with Crippen molar-refractivity contribution in [2.75, 3.05) is 19.0 Å². The molecule has 1 aliphatic heterocycles. The van der Waals surface area contributed by atoms with Crippen LogP contribution in [0.4, 0.5) is 5.69 Å². The first-order chi connectivity index (χ1) is 13.4. The van der Waals surface area contributed by atoms with Crippen molar-refractivity contribution in [3.8, 4) is 5.75 Å². The number of nitrogens with one attached hydrogen (secondary N) is 1. The van der Waals surface area contributed by atoms with Gasteiger partial charge in [0, 0.05) is 35.8 Å². The number of piperidine rings is 1. The number of sulfonamides is 1. The number of ether oxygens (including phenoxy) is 1. The quantitative estimate of drug-likeness (QED) is 0.765. The Kier molecular flexibility index (Phi) is 6.59. The predicted molar refractivity (Wildman–Crippen MR) is 109 cm³/mol. The van der Waals surface area contributed by atoms with Gasteiger partial charge in [0.05, 0.1) is 12.0 Å². The Bertz CT molecular complexity index is 931. The van der Waals surface area contributed by atoms with E-state index in [0.717, 1.165) is 12.8 Å². The normalized spacial score (nSPS) is 17.9. The SMILES string of the molecule is COc1cccc(NC(=O)CC2CCCCN2S(=O)(=O)c2ccc(Cl)cc2)c1. The summed E-state index contributed by atoms with van der Waals surface area (Å²) in [6, 6.07) is 12.8. The third kappa shape index (κ3) is 4.84. The monoisotopic (exact) mass is 422 g/mol. The molecule has 1 atom stereocenters. The van der Waals surface area contributed by atoms with E-state index in [2.05, 4.69) is 5.32 Å². The van der Waals surface area contributed by atoms with Crippen molar-refractivity contribution in [3.05, 3.63) is 53.6 Å². The van der Waals surface area contributed by atoms with Crippen LogP contribution < -0.4 is 10.1 Å². The molecule has 150 valence electrons. The van der Waals surface area contributed by atoms with Crippen molar-refractivity contribution < 1.29 is 17.9 Å². The Morgan fingerprint density at radius 2 is 1.96 bits per heavy atom. The maximum atomic E-state index is 13.1. The average Bonchev–Trinajstić information content (AvgIpc) is 2.68. The molecule has 0 aliphatic carbocycles. The summed E-state index contributed by atoms with van der Waals surface area (Å²) in [4.78, 5) is 12.7. The molecule has 2 aromatic rings. The number of benzene rings is 2. The van der Waals surface area contributed by atoms with Crippen molar-refractivity contribution in [2.45, 2.75) is 36.6 Å². The molecule has 0 spiro atoms. The maximum absolute atomic E-state index is 13.1. The molecule has 1 N–H and O–H groups in total. The molecule has 2 aromatic carbocycles. The number of carbonyl (C=O) groups excluding carboxylic acids is 1. The van der Waals surface area contributed by atoms with Crippen LogP contribution in [0.15, 0.2) is 53.4 Å². The molecule has 1 fully saturated rings. The lowest BCUT2D eigenvalue weighted by Crippen LogP contribution is -2.45. The summed E-state index contributed by atoms with van der Waals surface area (Å²) in [6.45, 7) is 0.405. The second-order valence-electron chi connectivity index (χ2n) is 6.70. The van der Waals surface area contributed by atoms with Crippen LogP contribution in [0, 0.1) is 0 Å². The average molecular weight is 423 g/mol. The topological polar surface area (TPSA) is 75.7 Å². The Morgan fingerprint density at radius 3 is 2.68 bits per heavy atom. The minimum atomic E-state index is -3.68. The summed E-state index contributed by atoms with van der Waals surface area (Å²) in [6.07, 6.45) is 2.42. The number of nitrogens with zero attached hydrogens (tertiary/aromatic N) is 1. The summed E-state index contributed by atoms with van der Waals surface area (Å²) >= 11 is 5.87. The van der Waals surface area contributed by atoms with Crippen molar-refractivity contribution in [2.24, 2.45) is 0 Å². The first kappa shape index (κ1) is 20.6. The van der Waals surface area contributed by atoms with Gasteiger partial charge in [0.15, 0.2) is 0 Å². The van der Waals surface area contributed by atoms with Crippen molar-refractivity contribution in [1.82, 2.24) is 4.31 Å². The van der Waals surface area contributed by atoms with E-state index in [9.17, 15) is 13.2 Å². The summed E-state index contributed by atoms with van der Waals surface area (Å²) in [5.41, 5.74) is 0.618. The molecule has 0 aromatic heterocycles. The van der Waals surface area contributed by atoms with Crippen LogP contribution in [-0.2, 0) is 14.8 Å². The van der Waals surface area contributed by atoms with Crippen LogP contribution in [-0.4, -0.2) is 38.3 Å². The lowest BCUT2D eigenvalue weighted by molar-refractivity contribution is -0.117. The first-order valence-corrected chi connectivity index (χ1v) is 10.9. The molecule has 1 aliphatic rings. The second-order valence-corrected chi connectivity index (χ2v) is 9.03. The van der Waals surface area contributed by atoms with Crippen molar-refractivity contribution in [3.63, 3.8) is 0 Å². The van der Waals surface area contributed by atoms with Gasteiger partial charge in [0.2, 0.25) is 15.9 Å². The maximum Gasteiger partial charge on any atom is 0.243 e. The van der Waals surface area contributed by atoms with E-state index in [-0.39, 0.29) is 23.3 Å². The first-order valence-electron chi connectivity index (χ1n) is 9.11. The number of hydrogen-bond acceptors (Lipinski definition) is 4. The van der Waals surface area contributed by atoms with E-state index in [0.29, 0.717) is 29.4 Å². The molecule has 0 radical (unpaired) electrons. The number of halogens is 1. The highest BCUT2D eigenvalue weighted by Crippen LogP contribution is 2.28. The van der Waals surface area contributed by atoms with Gasteiger partial charge in [-0.05, 0) is 49.2 Å². The van der Waals surface area contributed by atoms with Crippen LogP contribution in [0.25, 0.3) is 0 Å². The third-order valence-electron chi connectivity index (χ3n) is 4.77. The fourth-order valence-corrected chi connectivity index (χ4v) is 5.18. The van der Waals surface area contributed by atoms with Gasteiger partial charge in [0.25, 0.3) is 0 Å². The highest BCUT2D eigenvalue weighted by Gasteiger charge is 2.34. The predicted octanol–water partition coefficient (Wildman–Crippen LogP) is 3.92. The molecule has 3 rings (SSSR count). The minimum absolute atomic E-state index is 0.101. The van der Waals surface area contributed by atoms with Gasteiger partial charge in [-0.2, -0.15) is 4.31 Å². The standard InChI is InChI=1S/C20H23ClN2O4S/c1-27-18-7-4-5-16(13-18)22-20(24)14-17-6-2-3-12-23(17)28(25,26)19-10-8-15(21)9-11-19/h4-5,7-11,13,17H,2-3,6,12,14H2,1H3,(H,22,24). The molecule has 6 nitrogen and oxygen atoms in total. The van der Waals surface area contributed by atoms with E-state index in [1.165, 1.54) is 16.4 Å². The smallest absolute Gasteiger partial charge is 0.243 e. The molecule has 1 amide bonds.